The van der Waals surface area contributed by atoms with Crippen molar-refractivity contribution in [3.05, 3.63) is 29.3 Å². The van der Waals surface area contributed by atoms with E-state index < -0.39 is 12.7 Å². The van der Waals surface area contributed by atoms with Gasteiger partial charge >= 0.3 is 6.18 Å². The van der Waals surface area contributed by atoms with Crippen LogP contribution < -0.4 is 4.74 Å². The van der Waals surface area contributed by atoms with Gasteiger partial charge in [-0.05, 0) is 31.0 Å². The van der Waals surface area contributed by atoms with E-state index in [1.54, 1.807) is 4.90 Å². The molecule has 0 saturated carbocycles. The molecule has 1 aromatic rings. The molecular formula is C16H21F3N2O2. The molecule has 1 saturated heterocycles. The number of benzene rings is 1. The summed E-state index contributed by atoms with van der Waals surface area (Å²) < 4.78 is 42.6. The molecule has 0 unspecified atom stereocenters. The standard InChI is InChI=1S/C16H21F3N2O2/c1-12-3-4-13(2)14(9-12)23-10-15(22)21-7-5-20(6-8-21)11-16(17,18)19/h3-4,9H,5-8,10-11H2,1-2H3. The van der Waals surface area contributed by atoms with Gasteiger partial charge in [0, 0.05) is 26.2 Å². The number of carbonyl (C=O) groups excluding carboxylic acids is 1. The third-order valence-corrected chi connectivity index (χ3v) is 3.82. The summed E-state index contributed by atoms with van der Waals surface area (Å²) in [6.45, 7) is 3.88. The highest BCUT2D eigenvalue weighted by atomic mass is 19.4. The minimum Gasteiger partial charge on any atom is -0.483 e. The van der Waals surface area contributed by atoms with Crippen LogP contribution in [0.4, 0.5) is 13.2 Å². The zero-order valence-electron chi connectivity index (χ0n) is 13.3. The van der Waals surface area contributed by atoms with Gasteiger partial charge in [-0.15, -0.1) is 0 Å². The van der Waals surface area contributed by atoms with E-state index in [1.165, 1.54) is 4.90 Å². The Morgan fingerprint density at radius 3 is 2.43 bits per heavy atom. The Labute approximate surface area is 133 Å². The summed E-state index contributed by atoms with van der Waals surface area (Å²) in [7, 11) is 0. The molecule has 1 fully saturated rings. The lowest BCUT2D eigenvalue weighted by Gasteiger charge is -2.34. The van der Waals surface area contributed by atoms with Crippen LogP contribution in [0.5, 0.6) is 5.75 Å². The van der Waals surface area contributed by atoms with Gasteiger partial charge < -0.3 is 9.64 Å². The summed E-state index contributed by atoms with van der Waals surface area (Å²) in [4.78, 5) is 15.0. The minimum atomic E-state index is -4.20. The summed E-state index contributed by atoms with van der Waals surface area (Å²) in [5, 5.41) is 0. The molecular weight excluding hydrogens is 309 g/mol. The molecule has 2 rings (SSSR count). The molecule has 23 heavy (non-hydrogen) atoms. The van der Waals surface area contributed by atoms with Crippen LogP contribution in [0.2, 0.25) is 0 Å². The Kier molecular flexibility index (Phi) is 5.51. The van der Waals surface area contributed by atoms with Crippen LogP contribution >= 0.6 is 0 Å². The number of rotatable bonds is 4. The first kappa shape index (κ1) is 17.6. The van der Waals surface area contributed by atoms with E-state index in [4.69, 9.17) is 4.74 Å². The minimum absolute atomic E-state index is 0.0937. The van der Waals surface area contributed by atoms with E-state index in [2.05, 4.69) is 0 Å². The van der Waals surface area contributed by atoms with Gasteiger partial charge in [-0.2, -0.15) is 13.2 Å². The van der Waals surface area contributed by atoms with Crippen LogP contribution in [-0.4, -0.2) is 61.2 Å². The molecule has 0 bridgehead atoms. The van der Waals surface area contributed by atoms with Gasteiger partial charge in [-0.3, -0.25) is 9.69 Å². The van der Waals surface area contributed by atoms with Gasteiger partial charge in [0.2, 0.25) is 0 Å². The van der Waals surface area contributed by atoms with Gasteiger partial charge in [0.15, 0.2) is 6.61 Å². The van der Waals surface area contributed by atoms with Crippen molar-refractivity contribution < 1.29 is 22.7 Å². The van der Waals surface area contributed by atoms with Crippen LogP contribution in [0.3, 0.4) is 0 Å². The van der Waals surface area contributed by atoms with E-state index in [1.807, 2.05) is 32.0 Å². The van der Waals surface area contributed by atoms with E-state index in [-0.39, 0.29) is 25.6 Å². The molecule has 128 valence electrons. The predicted octanol–water partition coefficient (Wildman–Crippen LogP) is 2.39. The third-order valence-electron chi connectivity index (χ3n) is 3.82. The van der Waals surface area contributed by atoms with E-state index in [0.717, 1.165) is 11.1 Å². The van der Waals surface area contributed by atoms with Crippen molar-refractivity contribution in [2.75, 3.05) is 39.3 Å². The van der Waals surface area contributed by atoms with Crippen molar-refractivity contribution >= 4 is 5.91 Å². The summed E-state index contributed by atoms with van der Waals surface area (Å²) in [5.41, 5.74) is 1.98. The second kappa shape index (κ2) is 7.21. The van der Waals surface area contributed by atoms with Crippen molar-refractivity contribution in [3.63, 3.8) is 0 Å². The Balaban J connectivity index is 1.80. The van der Waals surface area contributed by atoms with Crippen molar-refractivity contribution in [3.8, 4) is 5.75 Å². The highest BCUT2D eigenvalue weighted by Gasteiger charge is 2.32. The Morgan fingerprint density at radius 1 is 1.17 bits per heavy atom. The first-order chi connectivity index (χ1) is 10.7. The van der Waals surface area contributed by atoms with E-state index in [9.17, 15) is 18.0 Å². The summed E-state index contributed by atoms with van der Waals surface area (Å²) in [6.07, 6.45) is -4.20. The maximum Gasteiger partial charge on any atom is 0.401 e. The Morgan fingerprint density at radius 2 is 1.83 bits per heavy atom. The number of halogens is 3. The number of nitrogens with zero attached hydrogens (tertiary/aromatic N) is 2. The molecule has 0 aromatic heterocycles. The maximum atomic E-state index is 12.3. The van der Waals surface area contributed by atoms with Crippen LogP contribution in [0.25, 0.3) is 0 Å². The molecule has 0 aliphatic carbocycles. The molecule has 0 spiro atoms. The molecule has 7 heteroatoms. The average Bonchev–Trinajstić information content (AvgIpc) is 2.47. The number of amides is 1. The number of aryl methyl sites for hydroxylation is 2. The second-order valence-corrected chi connectivity index (χ2v) is 5.83. The van der Waals surface area contributed by atoms with Crippen LogP contribution in [0.15, 0.2) is 18.2 Å². The zero-order chi connectivity index (χ0) is 17.0. The average molecular weight is 330 g/mol. The fraction of sp³-hybridized carbons (Fsp3) is 0.562. The number of ether oxygens (including phenoxy) is 1. The van der Waals surface area contributed by atoms with E-state index >= 15 is 0 Å². The van der Waals surface area contributed by atoms with Crippen molar-refractivity contribution in [1.29, 1.82) is 0 Å². The smallest absolute Gasteiger partial charge is 0.401 e. The van der Waals surface area contributed by atoms with Gasteiger partial charge in [-0.1, -0.05) is 12.1 Å². The number of alkyl halides is 3. The second-order valence-electron chi connectivity index (χ2n) is 5.83. The highest BCUT2D eigenvalue weighted by molar-refractivity contribution is 5.78. The lowest BCUT2D eigenvalue weighted by Crippen LogP contribution is -2.51. The third kappa shape index (κ3) is 5.42. The van der Waals surface area contributed by atoms with Gasteiger partial charge in [-0.25, -0.2) is 0 Å². The van der Waals surface area contributed by atoms with Crippen molar-refractivity contribution in [1.82, 2.24) is 9.80 Å². The quantitative estimate of drug-likeness (QED) is 0.850. The lowest BCUT2D eigenvalue weighted by atomic mass is 10.1. The van der Waals surface area contributed by atoms with Gasteiger partial charge in [0.1, 0.15) is 5.75 Å². The van der Waals surface area contributed by atoms with Crippen LogP contribution in [0.1, 0.15) is 11.1 Å². The number of piperazine rings is 1. The number of hydrogen-bond acceptors (Lipinski definition) is 3. The Bertz CT molecular complexity index is 553. The molecule has 0 atom stereocenters. The highest BCUT2D eigenvalue weighted by Crippen LogP contribution is 2.20. The predicted molar refractivity (Wildman–Crippen MR) is 80.5 cm³/mol. The summed E-state index contributed by atoms with van der Waals surface area (Å²) in [5.74, 6) is 0.464. The molecule has 1 aliphatic heterocycles. The topological polar surface area (TPSA) is 32.8 Å². The molecule has 0 N–H and O–H groups in total. The number of hydrogen-bond donors (Lipinski definition) is 0. The molecule has 0 radical (unpaired) electrons. The summed E-state index contributed by atoms with van der Waals surface area (Å²) in [6, 6.07) is 5.75. The van der Waals surface area contributed by atoms with Crippen molar-refractivity contribution in [2.24, 2.45) is 0 Å². The zero-order valence-corrected chi connectivity index (χ0v) is 13.3. The fourth-order valence-corrected chi connectivity index (χ4v) is 2.50. The van der Waals surface area contributed by atoms with Crippen LogP contribution in [-0.2, 0) is 4.79 Å². The Hall–Kier alpha value is -1.76. The molecule has 1 amide bonds. The fourth-order valence-electron chi connectivity index (χ4n) is 2.50. The van der Waals surface area contributed by atoms with Crippen molar-refractivity contribution in [2.45, 2.75) is 20.0 Å². The normalized spacial score (nSPS) is 16.5. The molecule has 1 heterocycles. The van der Waals surface area contributed by atoms with Gasteiger partial charge in [0.05, 0.1) is 6.54 Å². The van der Waals surface area contributed by atoms with E-state index in [0.29, 0.717) is 18.8 Å². The first-order valence-corrected chi connectivity index (χ1v) is 7.51. The lowest BCUT2D eigenvalue weighted by molar-refractivity contribution is -0.152. The maximum absolute atomic E-state index is 12.3. The largest absolute Gasteiger partial charge is 0.483 e. The molecule has 1 aliphatic rings. The SMILES string of the molecule is Cc1ccc(C)c(OCC(=O)N2CCN(CC(F)(F)F)CC2)c1. The number of carbonyl (C=O) groups is 1. The first-order valence-electron chi connectivity index (χ1n) is 7.51. The molecule has 1 aromatic carbocycles. The summed E-state index contributed by atoms with van der Waals surface area (Å²) >= 11 is 0. The van der Waals surface area contributed by atoms with Crippen LogP contribution in [0, 0.1) is 13.8 Å². The van der Waals surface area contributed by atoms with Gasteiger partial charge in [0.25, 0.3) is 5.91 Å². The molecule has 4 nitrogen and oxygen atoms in total. The monoisotopic (exact) mass is 330 g/mol.